The molecule has 3 heterocycles. The molecule has 2 aromatic rings. The molecule has 0 spiro atoms. The van der Waals surface area contributed by atoms with E-state index in [4.69, 9.17) is 5.73 Å². The average molecular weight is 308 g/mol. The zero-order chi connectivity index (χ0) is 15.0. The van der Waals surface area contributed by atoms with E-state index in [9.17, 15) is 8.42 Å². The number of hydrogen-bond acceptors (Lipinski definition) is 4. The van der Waals surface area contributed by atoms with Gasteiger partial charge in [-0.15, -0.1) is 0 Å². The topological polar surface area (TPSA) is 80.7 Å². The summed E-state index contributed by atoms with van der Waals surface area (Å²) in [5.74, 6) is 0.0710. The summed E-state index contributed by atoms with van der Waals surface area (Å²) in [7, 11) is -3.63. The fourth-order valence-electron chi connectivity index (χ4n) is 3.06. The van der Waals surface area contributed by atoms with Gasteiger partial charge < -0.3 is 5.73 Å². The number of nitrogens with zero attached hydrogens (tertiary/aromatic N) is 3. The molecular formula is C14H20N4O2S. The van der Waals surface area contributed by atoms with Gasteiger partial charge in [-0.25, -0.2) is 13.4 Å². The van der Waals surface area contributed by atoms with Gasteiger partial charge in [-0.05, 0) is 31.4 Å². The van der Waals surface area contributed by atoms with Gasteiger partial charge in [0.05, 0.1) is 0 Å². The lowest BCUT2D eigenvalue weighted by Crippen LogP contribution is -2.43. The summed E-state index contributed by atoms with van der Waals surface area (Å²) in [5.41, 5.74) is 6.45. The minimum atomic E-state index is -3.63. The minimum absolute atomic E-state index is 0.0532. The van der Waals surface area contributed by atoms with Gasteiger partial charge >= 0.3 is 0 Å². The molecule has 0 bridgehead atoms. The highest BCUT2D eigenvalue weighted by Gasteiger charge is 2.36. The molecule has 0 radical (unpaired) electrons. The van der Waals surface area contributed by atoms with Crippen molar-refractivity contribution < 1.29 is 8.42 Å². The van der Waals surface area contributed by atoms with E-state index in [2.05, 4.69) is 4.98 Å². The molecule has 7 heteroatoms. The first kappa shape index (κ1) is 14.3. The standard InChI is InChI=1S/C14H20N4O2S/c1-2-11-7-3-6-10-18(11)21(19,20)14-13(15)16-12-8-4-5-9-17(12)14/h4-5,8-9,11H,2-3,6-7,10,15H2,1H3. The monoisotopic (exact) mass is 308 g/mol. The molecule has 114 valence electrons. The van der Waals surface area contributed by atoms with E-state index >= 15 is 0 Å². The van der Waals surface area contributed by atoms with Crippen molar-refractivity contribution in [2.24, 2.45) is 0 Å². The Morgan fingerprint density at radius 1 is 1.38 bits per heavy atom. The lowest BCUT2D eigenvalue weighted by Gasteiger charge is -2.33. The summed E-state index contributed by atoms with van der Waals surface area (Å²) in [6.45, 7) is 2.58. The van der Waals surface area contributed by atoms with Gasteiger partial charge in [0.15, 0.2) is 10.8 Å². The number of fused-ring (bicyclic) bond motifs is 1. The molecule has 2 aromatic heterocycles. The van der Waals surface area contributed by atoms with Crippen molar-refractivity contribution in [1.82, 2.24) is 13.7 Å². The lowest BCUT2D eigenvalue weighted by atomic mass is 10.0. The molecule has 0 saturated carbocycles. The minimum Gasteiger partial charge on any atom is -0.381 e. The van der Waals surface area contributed by atoms with Crippen LogP contribution in [-0.4, -0.2) is 34.7 Å². The maximum absolute atomic E-state index is 13.0. The van der Waals surface area contributed by atoms with Crippen LogP contribution in [0.4, 0.5) is 5.82 Å². The van der Waals surface area contributed by atoms with Gasteiger partial charge in [0.2, 0.25) is 0 Å². The van der Waals surface area contributed by atoms with Gasteiger partial charge in [0.1, 0.15) is 5.65 Å². The number of rotatable bonds is 3. The van der Waals surface area contributed by atoms with E-state index in [1.165, 1.54) is 0 Å². The van der Waals surface area contributed by atoms with Crippen LogP contribution < -0.4 is 5.73 Å². The van der Waals surface area contributed by atoms with E-state index in [1.54, 1.807) is 27.0 Å². The van der Waals surface area contributed by atoms with Crippen molar-refractivity contribution in [1.29, 1.82) is 0 Å². The summed E-state index contributed by atoms with van der Waals surface area (Å²) < 4.78 is 29.2. The van der Waals surface area contributed by atoms with Gasteiger partial charge in [-0.1, -0.05) is 19.4 Å². The normalized spacial score (nSPS) is 20.9. The van der Waals surface area contributed by atoms with Crippen LogP contribution in [-0.2, 0) is 10.0 Å². The number of pyridine rings is 1. The molecule has 21 heavy (non-hydrogen) atoms. The van der Waals surface area contributed by atoms with Crippen molar-refractivity contribution in [2.45, 2.75) is 43.7 Å². The van der Waals surface area contributed by atoms with Crippen LogP contribution in [0.2, 0.25) is 0 Å². The Hall–Kier alpha value is -1.60. The van der Waals surface area contributed by atoms with Crippen LogP contribution >= 0.6 is 0 Å². The third kappa shape index (κ3) is 2.30. The highest BCUT2D eigenvalue weighted by Crippen LogP contribution is 2.30. The molecule has 1 fully saturated rings. The number of hydrogen-bond donors (Lipinski definition) is 1. The second-order valence-electron chi connectivity index (χ2n) is 5.40. The van der Waals surface area contributed by atoms with Crippen LogP contribution in [0.25, 0.3) is 5.65 Å². The zero-order valence-corrected chi connectivity index (χ0v) is 12.9. The predicted molar refractivity (Wildman–Crippen MR) is 81.4 cm³/mol. The quantitative estimate of drug-likeness (QED) is 0.938. The first-order chi connectivity index (χ1) is 10.1. The number of anilines is 1. The number of aromatic nitrogens is 2. The fraction of sp³-hybridized carbons (Fsp3) is 0.500. The Balaban J connectivity index is 2.14. The Labute approximate surface area is 124 Å². The number of sulfonamides is 1. The Morgan fingerprint density at radius 3 is 2.95 bits per heavy atom. The molecule has 0 aliphatic carbocycles. The molecule has 1 aliphatic heterocycles. The molecule has 1 saturated heterocycles. The molecular weight excluding hydrogens is 288 g/mol. The summed E-state index contributed by atoms with van der Waals surface area (Å²) in [6.07, 6.45) is 5.39. The van der Waals surface area contributed by atoms with E-state index in [1.807, 2.05) is 13.0 Å². The van der Waals surface area contributed by atoms with Gasteiger partial charge in [0.25, 0.3) is 10.0 Å². The maximum Gasteiger partial charge on any atom is 0.263 e. The molecule has 2 N–H and O–H groups in total. The molecule has 1 aliphatic rings. The molecule has 0 amide bonds. The largest absolute Gasteiger partial charge is 0.381 e. The van der Waals surface area contributed by atoms with Crippen LogP contribution in [0.15, 0.2) is 29.4 Å². The maximum atomic E-state index is 13.0. The predicted octanol–water partition coefficient (Wildman–Crippen LogP) is 1.87. The first-order valence-corrected chi connectivity index (χ1v) is 8.74. The van der Waals surface area contributed by atoms with Crippen molar-refractivity contribution in [3.05, 3.63) is 24.4 Å². The van der Waals surface area contributed by atoms with Gasteiger partial charge in [-0.2, -0.15) is 4.31 Å². The Bertz CT molecular complexity index is 753. The number of imidazole rings is 1. The van der Waals surface area contributed by atoms with Crippen molar-refractivity contribution in [3.63, 3.8) is 0 Å². The SMILES string of the molecule is CCC1CCCCN1S(=O)(=O)c1c(N)nc2ccccn12. The molecule has 3 rings (SSSR count). The second-order valence-corrected chi connectivity index (χ2v) is 7.21. The summed E-state index contributed by atoms with van der Waals surface area (Å²) >= 11 is 0. The van der Waals surface area contributed by atoms with Crippen molar-refractivity contribution >= 4 is 21.5 Å². The summed E-state index contributed by atoms with van der Waals surface area (Å²) in [4.78, 5) is 4.16. The van der Waals surface area contributed by atoms with E-state index in [0.29, 0.717) is 12.2 Å². The first-order valence-electron chi connectivity index (χ1n) is 7.30. The van der Waals surface area contributed by atoms with Crippen molar-refractivity contribution in [3.8, 4) is 0 Å². The highest BCUT2D eigenvalue weighted by atomic mass is 32.2. The average Bonchev–Trinajstić information content (AvgIpc) is 2.83. The zero-order valence-electron chi connectivity index (χ0n) is 12.1. The van der Waals surface area contributed by atoms with Gasteiger partial charge in [-0.3, -0.25) is 4.40 Å². The molecule has 6 nitrogen and oxygen atoms in total. The third-order valence-corrected chi connectivity index (χ3v) is 6.10. The second kappa shape index (κ2) is 5.31. The molecule has 0 aromatic carbocycles. The smallest absolute Gasteiger partial charge is 0.263 e. The van der Waals surface area contributed by atoms with Gasteiger partial charge in [0, 0.05) is 18.8 Å². The number of nitrogen functional groups attached to an aromatic ring is 1. The number of nitrogens with two attached hydrogens (primary N) is 1. The lowest BCUT2D eigenvalue weighted by molar-refractivity contribution is 0.246. The fourth-order valence-corrected chi connectivity index (χ4v) is 5.01. The van der Waals surface area contributed by atoms with Crippen molar-refractivity contribution in [2.75, 3.05) is 12.3 Å². The third-order valence-electron chi connectivity index (χ3n) is 4.11. The van der Waals surface area contributed by atoms with Crippen LogP contribution in [0.1, 0.15) is 32.6 Å². The van der Waals surface area contributed by atoms with E-state index in [-0.39, 0.29) is 16.9 Å². The Morgan fingerprint density at radius 2 is 2.19 bits per heavy atom. The number of piperidine rings is 1. The van der Waals surface area contributed by atoms with Crippen LogP contribution in [0.5, 0.6) is 0 Å². The summed E-state index contributed by atoms with van der Waals surface area (Å²) in [6, 6.07) is 5.40. The summed E-state index contributed by atoms with van der Waals surface area (Å²) in [5, 5.41) is 0.0958. The van der Waals surface area contributed by atoms with E-state index in [0.717, 1.165) is 25.7 Å². The van der Waals surface area contributed by atoms with E-state index < -0.39 is 10.0 Å². The van der Waals surface area contributed by atoms with Crippen LogP contribution in [0.3, 0.4) is 0 Å². The Kier molecular flexibility index (Phi) is 3.62. The molecule has 1 unspecified atom stereocenters. The van der Waals surface area contributed by atoms with Crippen LogP contribution in [0, 0.1) is 0 Å². The highest BCUT2D eigenvalue weighted by molar-refractivity contribution is 7.89. The molecule has 1 atom stereocenters.